The first kappa shape index (κ1) is 15.1. The molecule has 0 radical (unpaired) electrons. The first-order chi connectivity index (χ1) is 8.87. The van der Waals surface area contributed by atoms with Crippen molar-refractivity contribution in [2.24, 2.45) is 0 Å². The molecule has 1 fully saturated rings. The highest BCUT2D eigenvalue weighted by Gasteiger charge is 2.24. The Kier molecular flexibility index (Phi) is 4.73. The zero-order valence-corrected chi connectivity index (χ0v) is 13.8. The maximum atomic E-state index is 12.0. The van der Waals surface area contributed by atoms with E-state index < -0.39 is 9.84 Å². The topological polar surface area (TPSA) is 63.2 Å². The van der Waals surface area contributed by atoms with Crippen molar-refractivity contribution >= 4 is 49.9 Å². The second kappa shape index (κ2) is 5.97. The molecule has 1 aliphatic heterocycles. The standard InChI is InChI=1S/C12H13ClINO3S/c13-10-7-8(1-2-11(10)14)12(16)15-9-3-5-19(17,18)6-4-9/h1-2,7,9H,3-6H2,(H,15,16). The molecule has 4 nitrogen and oxygen atoms in total. The monoisotopic (exact) mass is 413 g/mol. The minimum absolute atomic E-state index is 0.0749. The van der Waals surface area contributed by atoms with Crippen molar-refractivity contribution in [3.05, 3.63) is 32.4 Å². The van der Waals surface area contributed by atoms with Gasteiger partial charge in [-0.25, -0.2) is 8.42 Å². The molecular weight excluding hydrogens is 401 g/mol. The van der Waals surface area contributed by atoms with Gasteiger partial charge in [0, 0.05) is 15.2 Å². The minimum atomic E-state index is -2.90. The molecule has 7 heteroatoms. The molecule has 1 saturated heterocycles. The molecule has 1 heterocycles. The fourth-order valence-electron chi connectivity index (χ4n) is 1.94. The second-order valence-electron chi connectivity index (χ2n) is 4.53. The van der Waals surface area contributed by atoms with E-state index >= 15 is 0 Å². The molecule has 0 aromatic heterocycles. The van der Waals surface area contributed by atoms with E-state index in [1.54, 1.807) is 18.2 Å². The molecule has 19 heavy (non-hydrogen) atoms. The lowest BCUT2D eigenvalue weighted by Crippen LogP contribution is -2.40. The summed E-state index contributed by atoms with van der Waals surface area (Å²) in [6.07, 6.45) is 0.957. The highest BCUT2D eigenvalue weighted by molar-refractivity contribution is 14.1. The Morgan fingerprint density at radius 2 is 1.95 bits per heavy atom. The Bertz CT molecular complexity index is 589. The Balaban J connectivity index is 2.00. The first-order valence-corrected chi connectivity index (χ1v) is 9.11. The number of rotatable bonds is 2. The molecule has 1 N–H and O–H groups in total. The largest absolute Gasteiger partial charge is 0.349 e. The summed E-state index contributed by atoms with van der Waals surface area (Å²) in [7, 11) is -2.90. The van der Waals surface area contributed by atoms with E-state index in [4.69, 9.17) is 11.6 Å². The van der Waals surface area contributed by atoms with Crippen LogP contribution in [0.25, 0.3) is 0 Å². The summed E-state index contributed by atoms with van der Waals surface area (Å²) in [5, 5.41) is 3.40. The van der Waals surface area contributed by atoms with Gasteiger partial charge >= 0.3 is 0 Å². The molecule has 104 valence electrons. The van der Waals surface area contributed by atoms with Gasteiger partial charge in [-0.2, -0.15) is 0 Å². The molecule has 0 unspecified atom stereocenters. The molecule has 1 amide bonds. The first-order valence-electron chi connectivity index (χ1n) is 5.84. The van der Waals surface area contributed by atoms with Gasteiger partial charge in [-0.15, -0.1) is 0 Å². The molecule has 0 aliphatic carbocycles. The van der Waals surface area contributed by atoms with Crippen LogP contribution >= 0.6 is 34.2 Å². The van der Waals surface area contributed by atoms with Crippen LogP contribution in [0.4, 0.5) is 0 Å². The minimum Gasteiger partial charge on any atom is -0.349 e. The van der Waals surface area contributed by atoms with Crippen LogP contribution in [-0.2, 0) is 9.84 Å². The van der Waals surface area contributed by atoms with Crippen molar-refractivity contribution in [2.45, 2.75) is 18.9 Å². The number of sulfone groups is 1. The van der Waals surface area contributed by atoms with Gasteiger partial charge in [0.05, 0.1) is 16.5 Å². The molecule has 1 aliphatic rings. The van der Waals surface area contributed by atoms with Crippen LogP contribution in [-0.4, -0.2) is 31.9 Å². The average Bonchev–Trinajstić information content (AvgIpc) is 2.35. The highest BCUT2D eigenvalue weighted by Crippen LogP contribution is 2.20. The number of nitrogens with one attached hydrogen (secondary N) is 1. The highest BCUT2D eigenvalue weighted by atomic mass is 127. The molecule has 1 aromatic rings. The van der Waals surface area contributed by atoms with Gasteiger partial charge in [-0.05, 0) is 53.6 Å². The van der Waals surface area contributed by atoms with Crippen LogP contribution in [0, 0.1) is 3.57 Å². The number of carbonyl (C=O) groups is 1. The van der Waals surface area contributed by atoms with Crippen molar-refractivity contribution < 1.29 is 13.2 Å². The predicted molar refractivity (Wildman–Crippen MR) is 83.3 cm³/mol. The third-order valence-corrected chi connectivity index (χ3v) is 6.36. The third-order valence-electron chi connectivity index (χ3n) is 3.07. The van der Waals surface area contributed by atoms with Gasteiger partial charge in [0.1, 0.15) is 9.84 Å². The van der Waals surface area contributed by atoms with E-state index in [9.17, 15) is 13.2 Å². The third kappa shape index (κ3) is 4.06. The van der Waals surface area contributed by atoms with Crippen LogP contribution in [0.1, 0.15) is 23.2 Å². The van der Waals surface area contributed by atoms with E-state index in [0.29, 0.717) is 23.4 Å². The lowest BCUT2D eigenvalue weighted by molar-refractivity contribution is 0.0934. The number of hydrogen-bond acceptors (Lipinski definition) is 3. The smallest absolute Gasteiger partial charge is 0.251 e. The van der Waals surface area contributed by atoms with Gasteiger partial charge in [0.2, 0.25) is 0 Å². The van der Waals surface area contributed by atoms with Crippen LogP contribution in [0.3, 0.4) is 0 Å². The fourth-order valence-corrected chi connectivity index (χ4v) is 3.95. The van der Waals surface area contributed by atoms with Crippen molar-refractivity contribution in [1.29, 1.82) is 0 Å². The van der Waals surface area contributed by atoms with Crippen LogP contribution in [0.5, 0.6) is 0 Å². The van der Waals surface area contributed by atoms with Crippen LogP contribution < -0.4 is 5.32 Å². The molecule has 0 spiro atoms. The lowest BCUT2D eigenvalue weighted by Gasteiger charge is -2.23. The normalized spacial score (nSPS) is 19.1. The van der Waals surface area contributed by atoms with Crippen molar-refractivity contribution in [1.82, 2.24) is 5.32 Å². The zero-order chi connectivity index (χ0) is 14.0. The Morgan fingerprint density at radius 3 is 2.53 bits per heavy atom. The molecule has 0 atom stereocenters. The number of amides is 1. The summed E-state index contributed by atoms with van der Waals surface area (Å²) in [5.74, 6) is 0.0825. The quantitative estimate of drug-likeness (QED) is 0.757. The summed E-state index contributed by atoms with van der Waals surface area (Å²) >= 11 is 8.06. The Hall–Kier alpha value is -0.340. The van der Waals surface area contributed by atoms with Crippen molar-refractivity contribution in [3.8, 4) is 0 Å². The SMILES string of the molecule is O=C(NC1CCS(=O)(=O)CC1)c1ccc(I)c(Cl)c1. The molecule has 0 bridgehead atoms. The zero-order valence-electron chi connectivity index (χ0n) is 10.0. The molecule has 0 saturated carbocycles. The number of carbonyl (C=O) groups excluding carboxylic acids is 1. The van der Waals surface area contributed by atoms with E-state index in [1.165, 1.54) is 0 Å². The summed E-state index contributed by atoms with van der Waals surface area (Å²) in [6.45, 7) is 0. The number of benzene rings is 1. The van der Waals surface area contributed by atoms with Gasteiger partial charge in [-0.1, -0.05) is 11.6 Å². The summed E-state index contributed by atoms with van der Waals surface area (Å²) < 4.78 is 23.5. The Morgan fingerprint density at radius 1 is 1.32 bits per heavy atom. The number of hydrogen-bond donors (Lipinski definition) is 1. The van der Waals surface area contributed by atoms with E-state index in [2.05, 4.69) is 27.9 Å². The Labute approximate surface area is 131 Å². The molecular formula is C12H13ClINO3S. The van der Waals surface area contributed by atoms with Gasteiger partial charge in [0.15, 0.2) is 0 Å². The number of halogens is 2. The second-order valence-corrected chi connectivity index (χ2v) is 8.40. The average molecular weight is 414 g/mol. The van der Waals surface area contributed by atoms with Gasteiger partial charge in [-0.3, -0.25) is 4.79 Å². The maximum absolute atomic E-state index is 12.0. The van der Waals surface area contributed by atoms with Crippen molar-refractivity contribution in [3.63, 3.8) is 0 Å². The van der Waals surface area contributed by atoms with Crippen LogP contribution in [0.15, 0.2) is 18.2 Å². The summed E-state index contributed by atoms with van der Waals surface area (Å²) in [5.41, 5.74) is 0.499. The summed E-state index contributed by atoms with van der Waals surface area (Å²) in [4.78, 5) is 12.0. The van der Waals surface area contributed by atoms with Crippen molar-refractivity contribution in [2.75, 3.05) is 11.5 Å². The molecule has 1 aromatic carbocycles. The van der Waals surface area contributed by atoms with Crippen LogP contribution in [0.2, 0.25) is 5.02 Å². The van der Waals surface area contributed by atoms with E-state index in [1.807, 2.05) is 0 Å². The van der Waals surface area contributed by atoms with Gasteiger partial charge in [0.25, 0.3) is 5.91 Å². The molecule has 2 rings (SSSR count). The summed E-state index contributed by atoms with van der Waals surface area (Å²) in [6, 6.07) is 5.04. The van der Waals surface area contributed by atoms with Gasteiger partial charge < -0.3 is 5.32 Å². The maximum Gasteiger partial charge on any atom is 0.251 e. The fraction of sp³-hybridized carbons (Fsp3) is 0.417. The van der Waals surface area contributed by atoms with E-state index in [0.717, 1.165) is 3.57 Å². The predicted octanol–water partition coefficient (Wildman–Crippen LogP) is 2.25. The lowest BCUT2D eigenvalue weighted by atomic mass is 10.1. The van der Waals surface area contributed by atoms with E-state index in [-0.39, 0.29) is 23.5 Å².